The van der Waals surface area contributed by atoms with Crippen LogP contribution < -0.4 is 10.0 Å². The van der Waals surface area contributed by atoms with Gasteiger partial charge in [-0.1, -0.05) is 0 Å². The molecule has 1 aromatic rings. The van der Waals surface area contributed by atoms with Crippen LogP contribution in [0, 0.1) is 0 Å². The molecule has 0 saturated heterocycles. The smallest absolute Gasteiger partial charge is 0.231 e. The van der Waals surface area contributed by atoms with Gasteiger partial charge in [-0.3, -0.25) is 9.52 Å². The lowest BCUT2D eigenvalue weighted by Crippen LogP contribution is -2.44. The van der Waals surface area contributed by atoms with Crippen LogP contribution in [0.15, 0.2) is 5.38 Å². The standard InChI is InChI=1S/C11H19N3O4S2/c1-11(2,4-5-15)13-9(16)6-8-7-19-10(12-8)14-20(3,17)18/h7,15H,4-6H2,1-3H3,(H,12,14)(H,13,16). The highest BCUT2D eigenvalue weighted by Crippen LogP contribution is 2.17. The van der Waals surface area contributed by atoms with Crippen molar-refractivity contribution in [2.45, 2.75) is 32.2 Å². The van der Waals surface area contributed by atoms with Crippen molar-refractivity contribution in [2.24, 2.45) is 0 Å². The molecule has 1 aromatic heterocycles. The van der Waals surface area contributed by atoms with Crippen molar-refractivity contribution in [3.05, 3.63) is 11.1 Å². The molecular weight excluding hydrogens is 302 g/mol. The molecule has 0 aliphatic rings. The molecule has 0 spiro atoms. The van der Waals surface area contributed by atoms with E-state index in [9.17, 15) is 13.2 Å². The third kappa shape index (κ3) is 6.31. The highest BCUT2D eigenvalue weighted by atomic mass is 32.2. The molecule has 0 unspecified atom stereocenters. The predicted molar refractivity (Wildman–Crippen MR) is 78.2 cm³/mol. The summed E-state index contributed by atoms with van der Waals surface area (Å²) in [7, 11) is -3.36. The van der Waals surface area contributed by atoms with Gasteiger partial charge in [-0.2, -0.15) is 0 Å². The number of carbonyl (C=O) groups excluding carboxylic acids is 1. The van der Waals surface area contributed by atoms with Gasteiger partial charge in [-0.05, 0) is 20.3 Å². The fourth-order valence-corrected chi connectivity index (χ4v) is 3.08. The lowest BCUT2D eigenvalue weighted by atomic mass is 10.0. The average Bonchev–Trinajstić information content (AvgIpc) is 2.60. The molecule has 9 heteroatoms. The van der Waals surface area contributed by atoms with Gasteiger partial charge in [-0.25, -0.2) is 13.4 Å². The molecule has 7 nitrogen and oxygen atoms in total. The average molecular weight is 321 g/mol. The number of thiazole rings is 1. The second-order valence-electron chi connectivity index (χ2n) is 5.10. The van der Waals surface area contributed by atoms with E-state index in [1.807, 2.05) is 13.8 Å². The van der Waals surface area contributed by atoms with Crippen LogP contribution in [-0.2, 0) is 21.2 Å². The van der Waals surface area contributed by atoms with Gasteiger partial charge in [0.2, 0.25) is 15.9 Å². The molecule has 0 aliphatic carbocycles. The van der Waals surface area contributed by atoms with Crippen LogP contribution in [0.3, 0.4) is 0 Å². The fourth-order valence-electron chi connectivity index (χ4n) is 1.52. The van der Waals surface area contributed by atoms with E-state index in [0.29, 0.717) is 12.1 Å². The lowest BCUT2D eigenvalue weighted by Gasteiger charge is -2.25. The Morgan fingerprint density at radius 3 is 2.70 bits per heavy atom. The normalized spacial score (nSPS) is 12.2. The summed E-state index contributed by atoms with van der Waals surface area (Å²) in [4.78, 5) is 15.9. The number of anilines is 1. The molecule has 0 bridgehead atoms. The largest absolute Gasteiger partial charge is 0.396 e. The monoisotopic (exact) mass is 321 g/mol. The third-order valence-electron chi connectivity index (χ3n) is 2.38. The first-order valence-corrected chi connectivity index (χ1v) is 8.72. The van der Waals surface area contributed by atoms with E-state index in [1.165, 1.54) is 0 Å². The van der Waals surface area contributed by atoms with Gasteiger partial charge >= 0.3 is 0 Å². The van der Waals surface area contributed by atoms with Gasteiger partial charge in [0.15, 0.2) is 5.13 Å². The van der Waals surface area contributed by atoms with Crippen LogP contribution in [0.25, 0.3) is 0 Å². The van der Waals surface area contributed by atoms with Gasteiger partial charge in [0.25, 0.3) is 0 Å². The Labute approximate surface area is 122 Å². The zero-order valence-electron chi connectivity index (χ0n) is 11.6. The Morgan fingerprint density at radius 1 is 1.50 bits per heavy atom. The van der Waals surface area contributed by atoms with E-state index in [2.05, 4.69) is 15.0 Å². The zero-order valence-corrected chi connectivity index (χ0v) is 13.3. The molecule has 0 radical (unpaired) electrons. The van der Waals surface area contributed by atoms with Crippen LogP contribution in [0.4, 0.5) is 5.13 Å². The van der Waals surface area contributed by atoms with Crippen molar-refractivity contribution >= 4 is 32.4 Å². The molecule has 1 rings (SSSR count). The lowest BCUT2D eigenvalue weighted by molar-refractivity contribution is -0.122. The van der Waals surface area contributed by atoms with E-state index in [0.717, 1.165) is 17.6 Å². The molecular formula is C11H19N3O4S2. The second-order valence-corrected chi connectivity index (χ2v) is 7.71. The van der Waals surface area contributed by atoms with Gasteiger partial charge in [0, 0.05) is 17.5 Å². The number of amides is 1. The molecule has 0 saturated carbocycles. The van der Waals surface area contributed by atoms with Gasteiger partial charge in [-0.15, -0.1) is 11.3 Å². The Morgan fingerprint density at radius 2 is 2.15 bits per heavy atom. The van der Waals surface area contributed by atoms with Crippen LogP contribution in [0.1, 0.15) is 26.0 Å². The predicted octanol–water partition coefficient (Wildman–Crippen LogP) is 0.334. The molecule has 3 N–H and O–H groups in total. The fraction of sp³-hybridized carbons (Fsp3) is 0.636. The van der Waals surface area contributed by atoms with E-state index in [1.54, 1.807) is 5.38 Å². The van der Waals surface area contributed by atoms with E-state index in [4.69, 9.17) is 5.11 Å². The summed E-state index contributed by atoms with van der Waals surface area (Å²) < 4.78 is 24.3. The van der Waals surface area contributed by atoms with E-state index in [-0.39, 0.29) is 24.1 Å². The van der Waals surface area contributed by atoms with Gasteiger partial charge in [0.1, 0.15) is 0 Å². The quantitative estimate of drug-likeness (QED) is 0.671. The minimum absolute atomic E-state index is 0.00753. The van der Waals surface area contributed by atoms with Crippen molar-refractivity contribution in [2.75, 3.05) is 17.6 Å². The highest BCUT2D eigenvalue weighted by molar-refractivity contribution is 7.92. The minimum Gasteiger partial charge on any atom is -0.396 e. The summed E-state index contributed by atoms with van der Waals surface area (Å²) in [5.41, 5.74) is 0.00818. The summed E-state index contributed by atoms with van der Waals surface area (Å²) in [6, 6.07) is 0. The first kappa shape index (κ1) is 16.9. The number of nitrogens with one attached hydrogen (secondary N) is 2. The third-order valence-corrected chi connectivity index (χ3v) is 3.88. The number of hydrogen-bond acceptors (Lipinski definition) is 6. The molecule has 0 aromatic carbocycles. The zero-order chi connectivity index (χ0) is 15.4. The van der Waals surface area contributed by atoms with Gasteiger partial charge < -0.3 is 10.4 Å². The summed E-state index contributed by atoms with van der Waals surface area (Å²) in [6.07, 6.45) is 1.56. The molecule has 0 fully saturated rings. The molecule has 1 amide bonds. The number of aliphatic hydroxyl groups excluding tert-OH is 1. The van der Waals surface area contributed by atoms with Crippen molar-refractivity contribution in [3.8, 4) is 0 Å². The summed E-state index contributed by atoms with van der Waals surface area (Å²) in [5, 5.41) is 13.6. The number of aromatic nitrogens is 1. The van der Waals surface area contributed by atoms with Crippen LogP contribution in [0.2, 0.25) is 0 Å². The van der Waals surface area contributed by atoms with Crippen molar-refractivity contribution in [1.82, 2.24) is 10.3 Å². The number of aliphatic hydroxyl groups is 1. The molecule has 0 atom stereocenters. The van der Waals surface area contributed by atoms with Crippen molar-refractivity contribution in [3.63, 3.8) is 0 Å². The Hall–Kier alpha value is -1.19. The van der Waals surface area contributed by atoms with E-state index < -0.39 is 15.6 Å². The highest BCUT2D eigenvalue weighted by Gasteiger charge is 2.20. The summed E-state index contributed by atoms with van der Waals surface area (Å²) in [6.45, 7) is 3.63. The van der Waals surface area contributed by atoms with Crippen LogP contribution >= 0.6 is 11.3 Å². The van der Waals surface area contributed by atoms with Gasteiger partial charge in [0.05, 0.1) is 18.4 Å². The van der Waals surface area contributed by atoms with Crippen molar-refractivity contribution in [1.29, 1.82) is 0 Å². The maximum Gasteiger partial charge on any atom is 0.231 e. The molecule has 1 heterocycles. The topological polar surface area (TPSA) is 108 Å². The van der Waals surface area contributed by atoms with E-state index >= 15 is 0 Å². The Balaban J connectivity index is 2.59. The van der Waals surface area contributed by atoms with Crippen molar-refractivity contribution < 1.29 is 18.3 Å². The first-order valence-electron chi connectivity index (χ1n) is 5.95. The molecule has 20 heavy (non-hydrogen) atoms. The minimum atomic E-state index is -3.36. The number of hydrogen-bond donors (Lipinski definition) is 3. The second kappa shape index (κ2) is 6.51. The number of rotatable bonds is 7. The number of sulfonamides is 1. The molecule has 114 valence electrons. The summed E-state index contributed by atoms with van der Waals surface area (Å²) in [5.74, 6) is -0.223. The van der Waals surface area contributed by atoms with Crippen LogP contribution in [-0.4, -0.2) is 42.8 Å². The maximum atomic E-state index is 11.8. The van der Waals surface area contributed by atoms with Crippen LogP contribution in [0.5, 0.6) is 0 Å². The SMILES string of the molecule is CC(C)(CCO)NC(=O)Cc1csc(NS(C)(=O)=O)n1. The summed E-state index contributed by atoms with van der Waals surface area (Å²) >= 11 is 1.13. The number of nitrogens with zero attached hydrogens (tertiary/aromatic N) is 1. The first-order chi connectivity index (χ1) is 9.11. The Kier molecular flexibility index (Phi) is 5.49. The molecule has 0 aliphatic heterocycles. The number of carbonyl (C=O) groups is 1. The maximum absolute atomic E-state index is 11.8. The Bertz CT molecular complexity index is 566.